The molecule has 0 atom stereocenters. The fourth-order valence-electron chi connectivity index (χ4n) is 5.36. The van der Waals surface area contributed by atoms with Crippen LogP contribution in [0, 0.1) is 0 Å². The predicted octanol–water partition coefficient (Wildman–Crippen LogP) is -0.995. The molecule has 3 heterocycles. The molecule has 0 saturated carbocycles. The van der Waals surface area contributed by atoms with Gasteiger partial charge < -0.3 is 52.7 Å². The molecule has 230 valence electrons. The molecular weight excluding hydrogens is 536 g/mol. The molecule has 2 aromatic carbocycles. The highest BCUT2D eigenvalue weighted by molar-refractivity contribution is 5.87. The second-order valence-corrected chi connectivity index (χ2v) is 11.3. The summed E-state index contributed by atoms with van der Waals surface area (Å²) in [5, 5.41) is 47.9. The molecule has 42 heavy (non-hydrogen) atoms. The number of carboxylic acid groups (broad SMARTS) is 2. The average molecular weight is 583 g/mol. The van der Waals surface area contributed by atoms with Crippen LogP contribution in [-0.2, 0) is 13.1 Å². The van der Waals surface area contributed by atoms with E-state index in [2.05, 4.69) is 42.5 Å². The molecule has 0 radical (unpaired) electrons. The van der Waals surface area contributed by atoms with Crippen LogP contribution in [-0.4, -0.2) is 112 Å². The van der Waals surface area contributed by atoms with Crippen molar-refractivity contribution in [2.45, 2.75) is 24.2 Å². The normalized spacial score (nSPS) is 24.9. The Hall–Kier alpha value is -2.94. The monoisotopic (exact) mass is 582 g/mol. The van der Waals surface area contributed by atoms with Crippen LogP contribution >= 0.6 is 0 Å². The maximum atomic E-state index is 11.2. The van der Waals surface area contributed by atoms with Crippen molar-refractivity contribution in [1.82, 2.24) is 42.5 Å². The van der Waals surface area contributed by atoms with Crippen LogP contribution in [0.25, 0.3) is 0 Å². The minimum atomic E-state index is -0.918. The minimum Gasteiger partial charge on any atom is -0.478 e. The zero-order valence-corrected chi connectivity index (χ0v) is 24.2. The molecule has 0 amide bonds. The predicted molar refractivity (Wildman–Crippen MR) is 163 cm³/mol. The van der Waals surface area contributed by atoms with Gasteiger partial charge in [0.15, 0.2) is 0 Å². The molecule has 0 aliphatic carbocycles. The summed E-state index contributed by atoms with van der Waals surface area (Å²) < 4.78 is 0. The number of carbonyl (C=O) groups is 2. The number of carboxylic acids is 2. The Labute approximate surface area is 247 Å². The molecule has 3 fully saturated rings. The molecule has 3 aliphatic heterocycles. The van der Waals surface area contributed by atoms with Crippen LogP contribution in [0.4, 0.5) is 0 Å². The molecule has 0 unspecified atom stereocenters. The fraction of sp³-hybridized carbons (Fsp3) is 0.533. The summed E-state index contributed by atoms with van der Waals surface area (Å²) in [6.07, 6.45) is 0. The van der Waals surface area contributed by atoms with Crippen LogP contribution in [0.5, 0.6) is 0 Å². The first-order valence-electron chi connectivity index (χ1n) is 14.8. The quantitative estimate of drug-likeness (QED) is 0.185. The van der Waals surface area contributed by atoms with Crippen molar-refractivity contribution in [1.29, 1.82) is 0 Å². The standard InChI is InChI=1S/C30H46N8O4/c39-27(40)25-5-1-23(2-6-25)15-37-29-17-31-9-12-34-20-30(21-35-13-10-32-18-29,22-36-14-11-33-19-29)38-16-24-3-7-26(8-4-24)28(41)42/h1-8,31-38H,9-22H2,(H,39,40)(H,41,42). The maximum Gasteiger partial charge on any atom is 0.335 e. The average Bonchev–Trinajstić information content (AvgIpc) is 3.00. The third-order valence-corrected chi connectivity index (χ3v) is 7.95. The first-order valence-corrected chi connectivity index (χ1v) is 14.8. The van der Waals surface area contributed by atoms with E-state index >= 15 is 0 Å². The van der Waals surface area contributed by atoms with Crippen LogP contribution in [0.1, 0.15) is 31.8 Å². The van der Waals surface area contributed by atoms with Crippen molar-refractivity contribution in [2.75, 3.05) is 78.5 Å². The zero-order chi connectivity index (χ0) is 29.7. The molecule has 5 rings (SSSR count). The van der Waals surface area contributed by atoms with E-state index in [1.165, 1.54) is 0 Å². The van der Waals surface area contributed by atoms with Gasteiger partial charge in [-0.1, -0.05) is 24.3 Å². The highest BCUT2D eigenvalue weighted by atomic mass is 16.4. The summed E-state index contributed by atoms with van der Waals surface area (Å²) in [5.41, 5.74) is 2.17. The molecule has 12 heteroatoms. The summed E-state index contributed by atoms with van der Waals surface area (Å²) in [7, 11) is 0. The van der Waals surface area contributed by atoms with Crippen molar-refractivity contribution in [3.63, 3.8) is 0 Å². The van der Waals surface area contributed by atoms with Gasteiger partial charge in [0.2, 0.25) is 0 Å². The number of benzene rings is 2. The van der Waals surface area contributed by atoms with Crippen LogP contribution < -0.4 is 42.5 Å². The van der Waals surface area contributed by atoms with Gasteiger partial charge in [-0.3, -0.25) is 0 Å². The number of fused-ring (bicyclic) bond motifs is 15. The van der Waals surface area contributed by atoms with Gasteiger partial charge in [0.05, 0.1) is 22.2 Å². The lowest BCUT2D eigenvalue weighted by atomic mass is 9.96. The first kappa shape index (κ1) is 32.0. The third kappa shape index (κ3) is 9.82. The number of hydrogen-bond acceptors (Lipinski definition) is 10. The molecule has 2 aromatic rings. The Morgan fingerprint density at radius 2 is 0.786 bits per heavy atom. The Morgan fingerprint density at radius 3 is 1.02 bits per heavy atom. The second kappa shape index (κ2) is 16.1. The van der Waals surface area contributed by atoms with E-state index in [1.54, 1.807) is 24.3 Å². The molecule has 0 spiro atoms. The summed E-state index contributed by atoms with van der Waals surface area (Å²) in [5.74, 6) is -1.84. The first-order chi connectivity index (χ1) is 20.4. The van der Waals surface area contributed by atoms with Gasteiger partial charge in [0, 0.05) is 91.6 Å². The van der Waals surface area contributed by atoms with Gasteiger partial charge in [0.25, 0.3) is 0 Å². The van der Waals surface area contributed by atoms with Crippen LogP contribution in [0.3, 0.4) is 0 Å². The van der Waals surface area contributed by atoms with E-state index in [9.17, 15) is 19.8 Å². The maximum absolute atomic E-state index is 11.2. The number of nitrogens with one attached hydrogen (secondary N) is 8. The second-order valence-electron chi connectivity index (χ2n) is 11.3. The molecule has 2 bridgehead atoms. The van der Waals surface area contributed by atoms with Crippen molar-refractivity contribution < 1.29 is 19.8 Å². The Bertz CT molecular complexity index is 996. The highest BCUT2D eigenvalue weighted by Crippen LogP contribution is 2.11. The van der Waals surface area contributed by atoms with Gasteiger partial charge in [-0.2, -0.15) is 0 Å². The molecular formula is C30H46N8O4. The summed E-state index contributed by atoms with van der Waals surface area (Å²) in [6, 6.07) is 14.1. The minimum absolute atomic E-state index is 0.249. The van der Waals surface area contributed by atoms with E-state index in [0.29, 0.717) is 24.2 Å². The zero-order valence-electron chi connectivity index (χ0n) is 24.2. The molecule has 0 aromatic heterocycles. The Morgan fingerprint density at radius 1 is 0.524 bits per heavy atom. The van der Waals surface area contributed by atoms with Crippen molar-refractivity contribution in [3.8, 4) is 0 Å². The van der Waals surface area contributed by atoms with E-state index in [4.69, 9.17) is 0 Å². The number of hydrogen-bond donors (Lipinski definition) is 10. The van der Waals surface area contributed by atoms with Gasteiger partial charge in [-0.15, -0.1) is 0 Å². The summed E-state index contributed by atoms with van der Waals surface area (Å²) in [4.78, 5) is 22.5. The molecule has 12 nitrogen and oxygen atoms in total. The lowest BCUT2D eigenvalue weighted by molar-refractivity contribution is 0.0686. The van der Waals surface area contributed by atoms with E-state index in [-0.39, 0.29) is 11.1 Å². The van der Waals surface area contributed by atoms with Crippen molar-refractivity contribution in [3.05, 3.63) is 70.8 Å². The number of rotatable bonds is 8. The van der Waals surface area contributed by atoms with Gasteiger partial charge >= 0.3 is 11.9 Å². The molecule has 10 N–H and O–H groups in total. The third-order valence-electron chi connectivity index (χ3n) is 7.95. The van der Waals surface area contributed by atoms with E-state index < -0.39 is 11.9 Å². The lowest BCUT2D eigenvalue weighted by Gasteiger charge is -2.39. The van der Waals surface area contributed by atoms with E-state index in [1.807, 2.05) is 24.3 Å². The van der Waals surface area contributed by atoms with Crippen molar-refractivity contribution in [2.24, 2.45) is 0 Å². The topological polar surface area (TPSA) is 171 Å². The summed E-state index contributed by atoms with van der Waals surface area (Å²) in [6.45, 7) is 10.7. The van der Waals surface area contributed by atoms with E-state index in [0.717, 1.165) is 89.7 Å². The highest BCUT2D eigenvalue weighted by Gasteiger charge is 2.31. The van der Waals surface area contributed by atoms with Crippen molar-refractivity contribution >= 4 is 11.9 Å². The lowest BCUT2D eigenvalue weighted by Crippen LogP contribution is -2.66. The largest absolute Gasteiger partial charge is 0.478 e. The van der Waals surface area contributed by atoms with Gasteiger partial charge in [-0.25, -0.2) is 9.59 Å². The fourth-order valence-corrected chi connectivity index (χ4v) is 5.36. The van der Waals surface area contributed by atoms with Crippen LogP contribution in [0.2, 0.25) is 0 Å². The van der Waals surface area contributed by atoms with Crippen LogP contribution in [0.15, 0.2) is 48.5 Å². The smallest absolute Gasteiger partial charge is 0.335 e. The molecule has 3 saturated heterocycles. The molecule has 3 aliphatic rings. The number of aromatic carboxylic acids is 2. The SMILES string of the molecule is O=C(O)c1ccc(CNC23CNCCNCC(NCc4ccc(C(=O)O)cc4)(CNCCNC2)CNCCNC3)cc1. The van der Waals surface area contributed by atoms with Gasteiger partial charge in [0.1, 0.15) is 0 Å². The Balaban J connectivity index is 1.42. The summed E-state index contributed by atoms with van der Waals surface area (Å²) >= 11 is 0. The van der Waals surface area contributed by atoms with Gasteiger partial charge in [-0.05, 0) is 35.4 Å². The Kier molecular flexibility index (Phi) is 12.2.